The summed E-state index contributed by atoms with van der Waals surface area (Å²) in [6.45, 7) is 5.64. The number of allylic oxidation sites excluding steroid dienone is 2. The van der Waals surface area contributed by atoms with Crippen molar-refractivity contribution in [2.75, 3.05) is 13.2 Å². The summed E-state index contributed by atoms with van der Waals surface area (Å²) in [5.74, 6) is -0.482. The Kier molecular flexibility index (Phi) is 8.35. The average molecular weight is 358 g/mol. The third kappa shape index (κ3) is 6.64. The molecule has 0 aromatic heterocycles. The first-order chi connectivity index (χ1) is 12.6. The first kappa shape index (κ1) is 20.2. The lowest BCUT2D eigenvalue weighted by Crippen LogP contribution is -2.45. The summed E-state index contributed by atoms with van der Waals surface area (Å²) in [7, 11) is 0. The standard InChI is InChI=1S/C21H30N2O3/c1-16(2)10-11-18(17-7-4-3-5-8-17)15-23-26-14-12-20-19(21(24)25)9-6-13-22-20/h3-5,7-8,11,15-16,19-20,22H,6,9-10,12-14H2,1-2H3,(H,24,25). The van der Waals surface area contributed by atoms with Crippen molar-refractivity contribution in [2.45, 2.75) is 45.6 Å². The summed E-state index contributed by atoms with van der Waals surface area (Å²) in [5.41, 5.74) is 2.15. The number of nitrogens with one attached hydrogen (secondary N) is 1. The minimum atomic E-state index is -0.728. The molecule has 1 aliphatic heterocycles. The van der Waals surface area contributed by atoms with Gasteiger partial charge in [0, 0.05) is 12.5 Å². The second kappa shape index (κ2) is 10.8. The van der Waals surface area contributed by atoms with Gasteiger partial charge in [-0.3, -0.25) is 4.79 Å². The quantitative estimate of drug-likeness (QED) is 0.398. The van der Waals surface area contributed by atoms with Crippen LogP contribution in [0.4, 0.5) is 0 Å². The van der Waals surface area contributed by atoms with E-state index in [4.69, 9.17) is 4.84 Å². The molecule has 2 atom stereocenters. The molecule has 0 bridgehead atoms. The van der Waals surface area contributed by atoms with Gasteiger partial charge in [-0.05, 0) is 42.9 Å². The van der Waals surface area contributed by atoms with Crippen molar-refractivity contribution >= 4 is 17.8 Å². The molecule has 0 spiro atoms. The van der Waals surface area contributed by atoms with Crippen LogP contribution in [0.2, 0.25) is 0 Å². The van der Waals surface area contributed by atoms with E-state index >= 15 is 0 Å². The molecule has 1 heterocycles. The molecular formula is C21H30N2O3. The van der Waals surface area contributed by atoms with Gasteiger partial charge in [-0.25, -0.2) is 0 Å². The number of benzene rings is 1. The van der Waals surface area contributed by atoms with Gasteiger partial charge < -0.3 is 15.3 Å². The van der Waals surface area contributed by atoms with Crippen LogP contribution in [0.3, 0.4) is 0 Å². The summed E-state index contributed by atoms with van der Waals surface area (Å²) < 4.78 is 0. The summed E-state index contributed by atoms with van der Waals surface area (Å²) in [6.07, 6.45) is 7.18. The van der Waals surface area contributed by atoms with Crippen LogP contribution in [0.25, 0.3) is 5.57 Å². The van der Waals surface area contributed by atoms with Gasteiger partial charge in [0.2, 0.25) is 0 Å². The average Bonchev–Trinajstić information content (AvgIpc) is 2.64. The monoisotopic (exact) mass is 358 g/mol. The van der Waals surface area contributed by atoms with Gasteiger partial charge in [0.15, 0.2) is 0 Å². The van der Waals surface area contributed by atoms with Crippen LogP contribution in [0.5, 0.6) is 0 Å². The molecule has 142 valence electrons. The van der Waals surface area contributed by atoms with E-state index in [0.29, 0.717) is 18.9 Å². The molecule has 5 nitrogen and oxygen atoms in total. The van der Waals surface area contributed by atoms with Crippen LogP contribution < -0.4 is 5.32 Å². The Balaban J connectivity index is 1.87. The number of carboxylic acids is 1. The first-order valence-corrected chi connectivity index (χ1v) is 9.45. The van der Waals surface area contributed by atoms with Gasteiger partial charge in [0.25, 0.3) is 0 Å². The highest BCUT2D eigenvalue weighted by molar-refractivity contribution is 6.09. The Hall–Kier alpha value is -2.14. The number of hydrogen-bond donors (Lipinski definition) is 2. The molecule has 0 amide bonds. The van der Waals surface area contributed by atoms with Crippen LogP contribution >= 0.6 is 0 Å². The van der Waals surface area contributed by atoms with Crippen molar-refractivity contribution in [3.63, 3.8) is 0 Å². The summed E-state index contributed by atoms with van der Waals surface area (Å²) in [4.78, 5) is 16.7. The highest BCUT2D eigenvalue weighted by atomic mass is 16.6. The zero-order valence-corrected chi connectivity index (χ0v) is 15.7. The maximum Gasteiger partial charge on any atom is 0.308 e. The second-order valence-corrected chi connectivity index (χ2v) is 7.16. The van der Waals surface area contributed by atoms with Crippen molar-refractivity contribution in [1.29, 1.82) is 0 Å². The molecule has 2 rings (SSSR count). The number of rotatable bonds is 9. The molecule has 2 unspecified atom stereocenters. The summed E-state index contributed by atoms with van der Waals surface area (Å²) >= 11 is 0. The maximum atomic E-state index is 11.3. The number of oxime groups is 1. The smallest absolute Gasteiger partial charge is 0.308 e. The Morgan fingerprint density at radius 1 is 1.38 bits per heavy atom. The van der Waals surface area contributed by atoms with Gasteiger partial charge in [-0.15, -0.1) is 0 Å². The largest absolute Gasteiger partial charge is 0.481 e. The number of carboxylic acid groups (broad SMARTS) is 1. The number of carbonyl (C=O) groups is 1. The van der Waals surface area contributed by atoms with Crippen LogP contribution in [-0.2, 0) is 9.63 Å². The van der Waals surface area contributed by atoms with Crippen LogP contribution in [0, 0.1) is 11.8 Å². The Morgan fingerprint density at radius 3 is 2.85 bits per heavy atom. The van der Waals surface area contributed by atoms with Gasteiger partial charge in [-0.2, -0.15) is 0 Å². The van der Waals surface area contributed by atoms with E-state index in [-0.39, 0.29) is 12.0 Å². The predicted octanol–water partition coefficient (Wildman–Crippen LogP) is 3.96. The molecule has 1 saturated heterocycles. The molecule has 0 radical (unpaired) electrons. The van der Waals surface area contributed by atoms with E-state index in [0.717, 1.165) is 36.9 Å². The van der Waals surface area contributed by atoms with E-state index in [9.17, 15) is 9.90 Å². The van der Waals surface area contributed by atoms with E-state index in [2.05, 4.69) is 42.5 Å². The highest BCUT2D eigenvalue weighted by Gasteiger charge is 2.30. The number of piperidine rings is 1. The van der Waals surface area contributed by atoms with E-state index in [1.807, 2.05) is 18.2 Å². The maximum absolute atomic E-state index is 11.3. The molecule has 1 aromatic rings. The number of nitrogens with zero attached hydrogens (tertiary/aromatic N) is 1. The van der Waals surface area contributed by atoms with Crippen LogP contribution in [-0.4, -0.2) is 36.5 Å². The fourth-order valence-electron chi connectivity index (χ4n) is 3.12. The SMILES string of the molecule is CC(C)CC=C(C=NOCCC1NCCCC1C(=O)O)c1ccccc1. The molecule has 1 aromatic carbocycles. The van der Waals surface area contributed by atoms with Crippen LogP contribution in [0.1, 0.15) is 45.1 Å². The molecule has 0 saturated carbocycles. The van der Waals surface area contributed by atoms with Crippen molar-refractivity contribution < 1.29 is 14.7 Å². The van der Waals surface area contributed by atoms with Gasteiger partial charge in [0.1, 0.15) is 6.61 Å². The Morgan fingerprint density at radius 2 is 2.15 bits per heavy atom. The Bertz CT molecular complexity index is 611. The van der Waals surface area contributed by atoms with Gasteiger partial charge in [0.05, 0.1) is 12.1 Å². The lowest BCUT2D eigenvalue weighted by atomic mass is 9.89. The van der Waals surface area contributed by atoms with Gasteiger partial charge >= 0.3 is 5.97 Å². The minimum absolute atomic E-state index is 0.0403. The fourth-order valence-corrected chi connectivity index (χ4v) is 3.12. The second-order valence-electron chi connectivity index (χ2n) is 7.16. The number of aliphatic carboxylic acids is 1. The molecule has 1 aliphatic rings. The van der Waals surface area contributed by atoms with Crippen molar-refractivity contribution in [3.8, 4) is 0 Å². The first-order valence-electron chi connectivity index (χ1n) is 9.45. The number of hydrogen-bond acceptors (Lipinski definition) is 4. The van der Waals surface area contributed by atoms with E-state index in [1.165, 1.54) is 0 Å². The molecule has 5 heteroatoms. The fraction of sp³-hybridized carbons (Fsp3) is 0.524. The molecule has 1 fully saturated rings. The summed E-state index contributed by atoms with van der Waals surface area (Å²) in [5, 5.41) is 16.7. The predicted molar refractivity (Wildman–Crippen MR) is 105 cm³/mol. The Labute approximate surface area is 156 Å². The summed E-state index contributed by atoms with van der Waals surface area (Å²) in [6, 6.07) is 10.1. The van der Waals surface area contributed by atoms with E-state index in [1.54, 1.807) is 6.21 Å². The topological polar surface area (TPSA) is 70.9 Å². The highest BCUT2D eigenvalue weighted by Crippen LogP contribution is 2.19. The minimum Gasteiger partial charge on any atom is -0.481 e. The zero-order valence-electron chi connectivity index (χ0n) is 15.7. The zero-order chi connectivity index (χ0) is 18.8. The molecule has 26 heavy (non-hydrogen) atoms. The lowest BCUT2D eigenvalue weighted by molar-refractivity contribution is -0.143. The van der Waals surface area contributed by atoms with E-state index < -0.39 is 5.97 Å². The van der Waals surface area contributed by atoms with Crippen molar-refractivity contribution in [2.24, 2.45) is 17.0 Å². The van der Waals surface area contributed by atoms with Crippen molar-refractivity contribution in [1.82, 2.24) is 5.32 Å². The van der Waals surface area contributed by atoms with Crippen LogP contribution in [0.15, 0.2) is 41.6 Å². The van der Waals surface area contributed by atoms with Gasteiger partial charge in [-0.1, -0.05) is 55.4 Å². The lowest BCUT2D eigenvalue weighted by Gasteiger charge is -2.29. The third-order valence-corrected chi connectivity index (χ3v) is 4.60. The molecule has 2 N–H and O–H groups in total. The molecule has 0 aliphatic carbocycles. The third-order valence-electron chi connectivity index (χ3n) is 4.60. The normalized spacial score (nSPS) is 21.3. The molecular weight excluding hydrogens is 328 g/mol. The van der Waals surface area contributed by atoms with Crippen molar-refractivity contribution in [3.05, 3.63) is 42.0 Å².